The van der Waals surface area contributed by atoms with Crippen LogP contribution in [0.25, 0.3) is 65.8 Å². The Bertz CT molecular complexity index is 4030. The van der Waals surface area contributed by atoms with Crippen molar-refractivity contribution >= 4 is 79.0 Å². The number of imidazole rings is 1. The van der Waals surface area contributed by atoms with Crippen molar-refractivity contribution in [3.8, 4) is 46.6 Å². The number of alkyl halides is 1. The second kappa shape index (κ2) is 36.1. The summed E-state index contributed by atoms with van der Waals surface area (Å²) in [6.45, 7) is 11.4. The molecule has 4 aromatic carbocycles. The van der Waals surface area contributed by atoms with Crippen LogP contribution in [0.3, 0.4) is 0 Å². The molecule has 0 saturated heterocycles. The lowest BCUT2D eigenvalue weighted by molar-refractivity contribution is 0.110. The molecule has 88 heavy (non-hydrogen) atoms. The van der Waals surface area contributed by atoms with Gasteiger partial charge < -0.3 is 72.5 Å². The average molecular weight is 1220 g/mol. The lowest BCUT2D eigenvalue weighted by atomic mass is 10.2. The van der Waals surface area contributed by atoms with Gasteiger partial charge in [-0.15, -0.1) is 11.6 Å². The van der Waals surface area contributed by atoms with Gasteiger partial charge in [0.05, 0.1) is 35.8 Å². The first-order valence-electron chi connectivity index (χ1n) is 27.6. The number of anilines is 2. The van der Waals surface area contributed by atoms with Gasteiger partial charge in [-0.3, -0.25) is 9.20 Å². The standard InChI is InChI=1S/C21H21N5O2.C13H15NO3.C12H15NO2.C8H6O2.C6H5N3.C4H10ClN.C2H3N/c1-23-21-20(24-19-10-14(13-22)6-7-26(19)21)18-12-15-11-16(4-5-17(15)28-18)27-9-8-25(2)3;1-14(2)5-6-16-11-3-4-13-10(7-11)8-12(9-15)17-13;1-13(2)6-8-14-11-3-4-12-10(9-11)5-7-15-12;9-7-1-2-8-6(5-7)3-4-10-8;7-4-5-1-2-9-6(8)3-5;1-6(2)4-3-5;1-3-2/h4-7,10-12,23H,8-9H2,1-3H3;3-4,7-9H,5-6H2,1-2H3;3-5,7,9H,6,8H2,1-2H3;1-5,9H;1-3H,(H2,8,9);3-4H2,1-2H3;1H3. The van der Waals surface area contributed by atoms with Crippen molar-refractivity contribution in [1.82, 2.24) is 34.0 Å². The third-order valence-corrected chi connectivity index (χ3v) is 12.2. The molecule has 4 N–H and O–H groups in total. The number of likely N-dealkylation sites (N-methyl/N-ethyl adjacent to an activating group) is 3. The number of nitrogens with zero attached hydrogens (tertiary/aromatic N) is 10. The molecule has 7 heterocycles. The Morgan fingerprint density at radius 1 is 0.659 bits per heavy atom. The maximum absolute atomic E-state index is 10.6. The van der Waals surface area contributed by atoms with Gasteiger partial charge in [0.2, 0.25) is 7.05 Å². The fourth-order valence-corrected chi connectivity index (χ4v) is 7.99. The molecule has 0 aliphatic carbocycles. The fraction of sp³-hybridized carbons (Fsp3) is 0.273. The predicted octanol–water partition coefficient (Wildman–Crippen LogP) is 12.2. The van der Waals surface area contributed by atoms with Crippen LogP contribution in [0.4, 0.5) is 11.6 Å². The number of carbonyl (C=O) groups excluding carboxylic acids is 1. The van der Waals surface area contributed by atoms with Crippen LogP contribution < -0.4 is 25.3 Å². The summed E-state index contributed by atoms with van der Waals surface area (Å²) in [5.74, 6) is 5.68. The van der Waals surface area contributed by atoms with Crippen LogP contribution in [0.15, 0.2) is 164 Å². The summed E-state index contributed by atoms with van der Waals surface area (Å²) in [6.07, 6.45) is 7.33. The number of pyridine rings is 2. The molecule has 7 aromatic heterocycles. The number of nitrogen functional groups attached to an aromatic ring is 1. The van der Waals surface area contributed by atoms with E-state index in [-0.39, 0.29) is 5.75 Å². The molecule has 460 valence electrons. The summed E-state index contributed by atoms with van der Waals surface area (Å²) in [4.78, 5) is 30.0. The first-order valence-corrected chi connectivity index (χ1v) is 28.1. The molecular weight excluding hydrogens is 1140 g/mol. The van der Waals surface area contributed by atoms with E-state index in [4.69, 9.17) is 71.4 Å². The van der Waals surface area contributed by atoms with Gasteiger partial charge in [-0.05, 0) is 178 Å². The summed E-state index contributed by atoms with van der Waals surface area (Å²) in [5, 5.41) is 33.5. The number of hydrogen-bond donors (Lipinski definition) is 3. The molecule has 0 spiro atoms. The van der Waals surface area contributed by atoms with Crippen LogP contribution >= 0.6 is 11.6 Å². The number of nitrogens with two attached hydrogens (primary N) is 1. The maximum Gasteiger partial charge on any atom is 0.205 e. The topological polar surface area (TPSA) is 251 Å². The quantitative estimate of drug-likeness (QED) is 0.0435. The third kappa shape index (κ3) is 22.4. The maximum atomic E-state index is 10.6. The molecule has 0 aliphatic rings. The number of benzene rings is 4. The van der Waals surface area contributed by atoms with Crippen molar-refractivity contribution in [2.75, 3.05) is 133 Å². The number of hydrogen-bond acceptors (Lipinski definition) is 19. The van der Waals surface area contributed by atoms with E-state index in [1.807, 2.05) is 158 Å². The summed E-state index contributed by atoms with van der Waals surface area (Å²) < 4.78 is 40.6. The van der Waals surface area contributed by atoms with Crippen LogP contribution in [0.1, 0.15) is 21.7 Å². The van der Waals surface area contributed by atoms with Gasteiger partial charge in [0.15, 0.2) is 17.8 Å². The summed E-state index contributed by atoms with van der Waals surface area (Å²) in [6, 6.07) is 40.4. The van der Waals surface area contributed by atoms with Crippen molar-refractivity contribution in [3.05, 3.63) is 175 Å². The number of furan rings is 4. The Hall–Kier alpha value is -10.1. The molecule has 0 aliphatic heterocycles. The average Bonchev–Trinajstić information content (AvgIpc) is 1.92. The Kier molecular flexibility index (Phi) is 28.2. The van der Waals surface area contributed by atoms with Crippen LogP contribution in [0, 0.1) is 29.2 Å². The van der Waals surface area contributed by atoms with Gasteiger partial charge in [0.1, 0.15) is 88.1 Å². The number of nitrogens with one attached hydrogen (secondary N) is 1. The number of phenols is 1. The molecule has 22 heteroatoms. The third-order valence-electron chi connectivity index (χ3n) is 12.1. The van der Waals surface area contributed by atoms with Crippen molar-refractivity contribution in [1.29, 1.82) is 10.5 Å². The van der Waals surface area contributed by atoms with Gasteiger partial charge in [-0.1, -0.05) is 0 Å². The molecular formula is C66H75ClN12O9. The smallest absolute Gasteiger partial charge is 0.205 e. The highest BCUT2D eigenvalue weighted by Gasteiger charge is 2.18. The van der Waals surface area contributed by atoms with E-state index in [0.717, 1.165) is 93.4 Å². The molecule has 0 saturated carbocycles. The molecule has 21 nitrogen and oxygen atoms in total. The molecule has 0 amide bonds. The number of fused-ring (bicyclic) bond motifs is 5. The minimum Gasteiger partial charge on any atom is -0.508 e. The van der Waals surface area contributed by atoms with Crippen LogP contribution in [-0.4, -0.2) is 168 Å². The zero-order chi connectivity index (χ0) is 64.0. The van der Waals surface area contributed by atoms with Gasteiger partial charge in [0, 0.05) is 73.0 Å². The van der Waals surface area contributed by atoms with Gasteiger partial charge in [0.25, 0.3) is 0 Å². The number of aromatic nitrogens is 3. The highest BCUT2D eigenvalue weighted by molar-refractivity contribution is 6.18. The van der Waals surface area contributed by atoms with E-state index < -0.39 is 0 Å². The number of rotatable bonds is 17. The highest BCUT2D eigenvalue weighted by atomic mass is 35.5. The number of ether oxygens (including phenoxy) is 3. The number of carbonyl (C=O) groups is 1. The van der Waals surface area contributed by atoms with E-state index in [0.29, 0.717) is 71.5 Å². The Labute approximate surface area is 517 Å². The highest BCUT2D eigenvalue weighted by Crippen LogP contribution is 2.35. The zero-order valence-electron chi connectivity index (χ0n) is 51.2. The SMILES string of the molecule is CN(C)CCCl.CN(C)CCOc1ccc2oc(C=O)cc2c1.CN(C)CCOc1ccc2occc2c1.CNc1c(-c2cc3cc(OCCN(C)C)ccc3o2)nc2cc(C#N)ccn12.N#Cc1ccnc(N)c1.Oc1ccc2occc2c1.[C-]#[N+]C. The van der Waals surface area contributed by atoms with E-state index >= 15 is 0 Å². The number of aromatic hydroxyl groups is 1. The number of halogens is 1. The monoisotopic (exact) mass is 1210 g/mol. The molecule has 0 atom stereocenters. The summed E-state index contributed by atoms with van der Waals surface area (Å²) in [7, 11) is 19.4. The number of phenolic OH excluding ortho intramolecular Hbond substituents is 1. The molecule has 0 fully saturated rings. The van der Waals surface area contributed by atoms with E-state index in [1.165, 1.54) is 19.3 Å². The predicted molar refractivity (Wildman–Crippen MR) is 348 cm³/mol. The molecule has 0 bridgehead atoms. The van der Waals surface area contributed by atoms with Gasteiger partial charge in [-0.25, -0.2) is 16.5 Å². The summed E-state index contributed by atoms with van der Waals surface area (Å²) in [5.41, 5.74) is 10.9. The normalized spacial score (nSPS) is 10.4. The van der Waals surface area contributed by atoms with E-state index in [1.54, 1.807) is 55.0 Å². The van der Waals surface area contributed by atoms with Crippen LogP contribution in [0.2, 0.25) is 0 Å². The van der Waals surface area contributed by atoms with Crippen molar-refractivity contribution in [2.45, 2.75) is 0 Å². The molecule has 11 rings (SSSR count). The van der Waals surface area contributed by atoms with E-state index in [2.05, 4.69) is 40.9 Å². The van der Waals surface area contributed by atoms with Crippen molar-refractivity contribution < 1.29 is 41.8 Å². The van der Waals surface area contributed by atoms with Crippen LogP contribution in [0.5, 0.6) is 23.0 Å². The van der Waals surface area contributed by atoms with Gasteiger partial charge >= 0.3 is 0 Å². The molecule has 0 unspecified atom stereocenters. The fourth-order valence-electron chi connectivity index (χ4n) is 7.66. The minimum atomic E-state index is 0.272. The Morgan fingerprint density at radius 3 is 1.62 bits per heavy atom. The van der Waals surface area contributed by atoms with E-state index in [9.17, 15) is 4.79 Å². The van der Waals surface area contributed by atoms with Gasteiger partial charge in [-0.2, -0.15) is 10.5 Å². The largest absolute Gasteiger partial charge is 0.508 e. The lowest BCUT2D eigenvalue weighted by Crippen LogP contribution is -2.19. The zero-order valence-corrected chi connectivity index (χ0v) is 52.0. The molecule has 11 aromatic rings. The number of aldehydes is 1. The van der Waals surface area contributed by atoms with Crippen LogP contribution in [-0.2, 0) is 0 Å². The first-order chi connectivity index (χ1) is 42.4. The second-order valence-corrected chi connectivity index (χ2v) is 20.5. The van der Waals surface area contributed by atoms with Crippen molar-refractivity contribution in [3.63, 3.8) is 0 Å². The second-order valence-electron chi connectivity index (χ2n) is 20.1. The summed E-state index contributed by atoms with van der Waals surface area (Å²) >= 11 is 5.35. The minimum absolute atomic E-state index is 0.272. The number of nitriles is 2. The first kappa shape index (κ1) is 68.7. The van der Waals surface area contributed by atoms with Crippen molar-refractivity contribution in [2.24, 2.45) is 0 Å². The lowest BCUT2D eigenvalue weighted by Gasteiger charge is -2.10. The Balaban J connectivity index is 0.000000204. The molecule has 0 radical (unpaired) electrons. The Morgan fingerprint density at radius 2 is 1.15 bits per heavy atom.